The Bertz CT molecular complexity index is 264. The standard InChI is InChI=1S/C12H24N2O3/c1-3-7(2)13-8-6-14-5-4-9(15)10(14)12(17)11(8)16/h7-13,15-17H,3-6H2,1-2H3/t7?,8?,9?,10-,11-,12-/m1/s1. The monoisotopic (exact) mass is 244 g/mol. The van der Waals surface area contributed by atoms with Gasteiger partial charge < -0.3 is 20.6 Å². The van der Waals surface area contributed by atoms with Crippen LogP contribution in [0.4, 0.5) is 0 Å². The largest absolute Gasteiger partial charge is 0.391 e. The van der Waals surface area contributed by atoms with Crippen LogP contribution in [0.1, 0.15) is 26.7 Å². The van der Waals surface area contributed by atoms with Crippen molar-refractivity contribution in [1.82, 2.24) is 10.2 Å². The summed E-state index contributed by atoms with van der Waals surface area (Å²) in [4.78, 5) is 2.09. The fourth-order valence-corrected chi connectivity index (χ4v) is 2.95. The van der Waals surface area contributed by atoms with E-state index in [1.165, 1.54) is 0 Å². The molecular weight excluding hydrogens is 220 g/mol. The Morgan fingerprint density at radius 3 is 2.65 bits per heavy atom. The second kappa shape index (κ2) is 5.20. The summed E-state index contributed by atoms with van der Waals surface area (Å²) in [5, 5.41) is 33.3. The summed E-state index contributed by atoms with van der Waals surface area (Å²) in [5.74, 6) is 0. The van der Waals surface area contributed by atoms with Crippen LogP contribution in [0.5, 0.6) is 0 Å². The number of rotatable bonds is 3. The first kappa shape index (κ1) is 13.2. The minimum atomic E-state index is -0.859. The van der Waals surface area contributed by atoms with Crippen LogP contribution in [-0.4, -0.2) is 69.7 Å². The molecule has 2 aliphatic heterocycles. The van der Waals surface area contributed by atoms with Crippen LogP contribution in [0.25, 0.3) is 0 Å². The molecule has 3 unspecified atom stereocenters. The third-order valence-corrected chi connectivity index (χ3v) is 4.18. The Labute approximate surface area is 102 Å². The first-order valence-electron chi connectivity index (χ1n) is 6.59. The Hall–Kier alpha value is -0.200. The molecule has 2 rings (SSSR count). The predicted molar refractivity (Wildman–Crippen MR) is 64.7 cm³/mol. The number of fused-ring (bicyclic) bond motifs is 1. The van der Waals surface area contributed by atoms with Crippen LogP contribution < -0.4 is 5.32 Å². The van der Waals surface area contributed by atoms with Crippen LogP contribution in [-0.2, 0) is 0 Å². The number of hydrogen-bond acceptors (Lipinski definition) is 5. The summed E-state index contributed by atoms with van der Waals surface area (Å²) in [6, 6.07) is -0.0765. The van der Waals surface area contributed by atoms with Crippen LogP contribution in [0, 0.1) is 0 Å². The van der Waals surface area contributed by atoms with Gasteiger partial charge >= 0.3 is 0 Å². The highest BCUT2D eigenvalue weighted by atomic mass is 16.3. The molecule has 2 heterocycles. The molecule has 0 aromatic heterocycles. The van der Waals surface area contributed by atoms with Gasteiger partial charge in [0.05, 0.1) is 24.4 Å². The van der Waals surface area contributed by atoms with Gasteiger partial charge in [-0.25, -0.2) is 0 Å². The average molecular weight is 244 g/mol. The van der Waals surface area contributed by atoms with Crippen molar-refractivity contribution in [2.24, 2.45) is 0 Å². The van der Waals surface area contributed by atoms with Crippen molar-refractivity contribution in [1.29, 1.82) is 0 Å². The molecule has 5 heteroatoms. The van der Waals surface area contributed by atoms with E-state index in [2.05, 4.69) is 24.1 Å². The fraction of sp³-hybridized carbons (Fsp3) is 1.00. The van der Waals surface area contributed by atoms with E-state index < -0.39 is 18.3 Å². The Kier molecular flexibility index (Phi) is 4.05. The topological polar surface area (TPSA) is 76.0 Å². The van der Waals surface area contributed by atoms with Crippen LogP contribution in [0.3, 0.4) is 0 Å². The lowest BCUT2D eigenvalue weighted by atomic mass is 9.91. The first-order chi connectivity index (χ1) is 8.04. The van der Waals surface area contributed by atoms with Gasteiger partial charge in [0.1, 0.15) is 0 Å². The van der Waals surface area contributed by atoms with Gasteiger partial charge in [0, 0.05) is 25.2 Å². The third-order valence-electron chi connectivity index (χ3n) is 4.18. The lowest BCUT2D eigenvalue weighted by Crippen LogP contribution is -2.65. The van der Waals surface area contributed by atoms with Gasteiger partial charge in [0.15, 0.2) is 0 Å². The lowest BCUT2D eigenvalue weighted by Gasteiger charge is -2.44. The second-order valence-corrected chi connectivity index (χ2v) is 5.41. The zero-order chi connectivity index (χ0) is 12.6. The van der Waals surface area contributed by atoms with Gasteiger partial charge in [-0.05, 0) is 19.8 Å². The zero-order valence-corrected chi connectivity index (χ0v) is 10.6. The number of aliphatic hydroxyl groups excluding tert-OH is 3. The number of piperidine rings is 1. The van der Waals surface area contributed by atoms with Gasteiger partial charge in [-0.2, -0.15) is 0 Å². The molecular formula is C12H24N2O3. The molecule has 100 valence electrons. The molecule has 5 nitrogen and oxygen atoms in total. The van der Waals surface area contributed by atoms with E-state index in [1.807, 2.05) is 0 Å². The van der Waals surface area contributed by atoms with Crippen molar-refractivity contribution in [3.63, 3.8) is 0 Å². The summed E-state index contributed by atoms with van der Waals surface area (Å²) in [5.41, 5.74) is 0. The van der Waals surface area contributed by atoms with Gasteiger partial charge in [0.25, 0.3) is 0 Å². The molecule has 0 radical (unpaired) electrons. The van der Waals surface area contributed by atoms with Crippen LogP contribution in [0.15, 0.2) is 0 Å². The molecule has 0 spiro atoms. The normalized spacial score (nSPS) is 44.6. The van der Waals surface area contributed by atoms with Gasteiger partial charge in [0.2, 0.25) is 0 Å². The summed E-state index contributed by atoms with van der Waals surface area (Å²) in [6.07, 6.45) is -0.486. The predicted octanol–water partition coefficient (Wildman–Crippen LogP) is -1.09. The number of nitrogens with zero attached hydrogens (tertiary/aromatic N) is 1. The highest BCUT2D eigenvalue weighted by molar-refractivity contribution is 5.03. The maximum atomic E-state index is 10.1. The molecule has 0 amide bonds. The summed E-state index contributed by atoms with van der Waals surface area (Å²) >= 11 is 0. The van der Waals surface area contributed by atoms with Gasteiger partial charge in [-0.15, -0.1) is 0 Å². The summed E-state index contributed by atoms with van der Waals surface area (Å²) < 4.78 is 0. The quantitative estimate of drug-likeness (QED) is 0.508. The molecule has 0 aromatic rings. The van der Waals surface area contributed by atoms with Crippen LogP contribution in [0.2, 0.25) is 0 Å². The lowest BCUT2D eigenvalue weighted by molar-refractivity contribution is -0.103. The molecule has 0 aliphatic carbocycles. The second-order valence-electron chi connectivity index (χ2n) is 5.41. The molecule has 0 saturated carbocycles. The Morgan fingerprint density at radius 1 is 1.29 bits per heavy atom. The smallest absolute Gasteiger partial charge is 0.0994 e. The molecule has 6 atom stereocenters. The highest BCUT2D eigenvalue weighted by Gasteiger charge is 2.48. The van der Waals surface area contributed by atoms with Crippen molar-refractivity contribution < 1.29 is 15.3 Å². The van der Waals surface area contributed by atoms with Crippen molar-refractivity contribution >= 4 is 0 Å². The van der Waals surface area contributed by atoms with Gasteiger partial charge in [-0.3, -0.25) is 4.90 Å². The fourth-order valence-electron chi connectivity index (χ4n) is 2.95. The summed E-state index contributed by atoms with van der Waals surface area (Å²) in [7, 11) is 0. The zero-order valence-electron chi connectivity index (χ0n) is 10.6. The molecule has 17 heavy (non-hydrogen) atoms. The molecule has 0 bridgehead atoms. The van der Waals surface area contributed by atoms with Gasteiger partial charge in [-0.1, -0.05) is 6.92 Å². The minimum Gasteiger partial charge on any atom is -0.391 e. The van der Waals surface area contributed by atoms with Crippen LogP contribution >= 0.6 is 0 Å². The molecule has 2 saturated heterocycles. The third kappa shape index (κ3) is 2.48. The van der Waals surface area contributed by atoms with Crippen molar-refractivity contribution in [3.05, 3.63) is 0 Å². The van der Waals surface area contributed by atoms with E-state index >= 15 is 0 Å². The average Bonchev–Trinajstić information content (AvgIpc) is 2.67. The van der Waals surface area contributed by atoms with E-state index in [0.717, 1.165) is 13.0 Å². The van der Waals surface area contributed by atoms with E-state index in [9.17, 15) is 15.3 Å². The van der Waals surface area contributed by atoms with Crippen molar-refractivity contribution in [2.75, 3.05) is 13.1 Å². The number of nitrogens with one attached hydrogen (secondary N) is 1. The minimum absolute atomic E-state index is 0.110. The Balaban J connectivity index is 2.02. The molecule has 0 aromatic carbocycles. The molecule has 4 N–H and O–H groups in total. The van der Waals surface area contributed by atoms with Crippen molar-refractivity contribution in [2.45, 2.75) is 63.1 Å². The maximum absolute atomic E-state index is 10.1. The van der Waals surface area contributed by atoms with E-state index in [1.54, 1.807) is 0 Å². The number of hydrogen-bond donors (Lipinski definition) is 4. The number of aliphatic hydroxyl groups is 3. The SMILES string of the molecule is CCC(C)NC1CN2CCC(O)[C@@H]2[C@@H](O)[C@@H]1O. The Morgan fingerprint density at radius 2 is 2.00 bits per heavy atom. The van der Waals surface area contributed by atoms with E-state index in [4.69, 9.17) is 0 Å². The molecule has 2 aliphatic rings. The summed E-state index contributed by atoms with van der Waals surface area (Å²) in [6.45, 7) is 5.66. The highest BCUT2D eigenvalue weighted by Crippen LogP contribution is 2.28. The van der Waals surface area contributed by atoms with Crippen molar-refractivity contribution in [3.8, 4) is 0 Å². The maximum Gasteiger partial charge on any atom is 0.0994 e. The van der Waals surface area contributed by atoms with E-state index in [-0.39, 0.29) is 12.1 Å². The van der Waals surface area contributed by atoms with E-state index in [0.29, 0.717) is 19.0 Å². The first-order valence-corrected chi connectivity index (χ1v) is 6.59. The molecule has 2 fully saturated rings.